The zero-order valence-electron chi connectivity index (χ0n) is 17.9. The van der Waals surface area contributed by atoms with E-state index in [-0.39, 0.29) is 0 Å². The summed E-state index contributed by atoms with van der Waals surface area (Å²) in [6, 6.07) is 41.7. The summed E-state index contributed by atoms with van der Waals surface area (Å²) in [6.07, 6.45) is 0. The van der Waals surface area contributed by atoms with Crippen molar-refractivity contribution < 1.29 is 4.74 Å². The van der Waals surface area contributed by atoms with Gasteiger partial charge in [-0.25, -0.2) is 4.98 Å². The molecule has 0 saturated carbocycles. The molecule has 0 saturated heterocycles. The Kier molecular flexibility index (Phi) is 5.50. The zero-order valence-corrected chi connectivity index (χ0v) is 17.9. The molecule has 0 amide bonds. The SMILES string of the molecule is COc1cccc(-c2cc(-c3ccccc3)c(-c3ccccc3)c(-c3ccccc3)n2)c1. The van der Waals surface area contributed by atoms with Crippen molar-refractivity contribution in [1.82, 2.24) is 4.98 Å². The van der Waals surface area contributed by atoms with Gasteiger partial charge >= 0.3 is 0 Å². The average molecular weight is 414 g/mol. The highest BCUT2D eigenvalue weighted by atomic mass is 16.5. The third kappa shape index (κ3) is 3.91. The third-order valence-electron chi connectivity index (χ3n) is 5.58. The van der Waals surface area contributed by atoms with Crippen molar-refractivity contribution in [3.63, 3.8) is 0 Å². The van der Waals surface area contributed by atoms with E-state index >= 15 is 0 Å². The zero-order chi connectivity index (χ0) is 21.8. The quantitative estimate of drug-likeness (QED) is 0.294. The second-order valence-corrected chi connectivity index (χ2v) is 7.61. The molecule has 32 heavy (non-hydrogen) atoms. The summed E-state index contributed by atoms with van der Waals surface area (Å²) >= 11 is 0. The van der Waals surface area contributed by atoms with Crippen LogP contribution in [0.1, 0.15) is 0 Å². The van der Waals surface area contributed by atoms with E-state index in [9.17, 15) is 0 Å². The Morgan fingerprint density at radius 2 is 1.09 bits per heavy atom. The molecule has 0 spiro atoms. The van der Waals surface area contributed by atoms with Crippen molar-refractivity contribution in [1.29, 1.82) is 0 Å². The molecule has 0 N–H and O–H groups in total. The van der Waals surface area contributed by atoms with Crippen molar-refractivity contribution in [3.8, 4) is 50.5 Å². The van der Waals surface area contributed by atoms with E-state index in [4.69, 9.17) is 9.72 Å². The molecule has 4 aromatic carbocycles. The number of hydrogen-bond acceptors (Lipinski definition) is 2. The van der Waals surface area contributed by atoms with Crippen LogP contribution in [0, 0.1) is 0 Å². The molecule has 0 unspecified atom stereocenters. The molecule has 2 nitrogen and oxygen atoms in total. The summed E-state index contributed by atoms with van der Waals surface area (Å²) in [4.78, 5) is 5.20. The van der Waals surface area contributed by atoms with Crippen LogP contribution in [0.4, 0.5) is 0 Å². The van der Waals surface area contributed by atoms with Gasteiger partial charge in [0.25, 0.3) is 0 Å². The maximum absolute atomic E-state index is 5.47. The maximum atomic E-state index is 5.47. The molecule has 2 heteroatoms. The van der Waals surface area contributed by atoms with Crippen LogP contribution >= 0.6 is 0 Å². The Hall–Kier alpha value is -4.17. The van der Waals surface area contributed by atoms with Gasteiger partial charge in [-0.1, -0.05) is 103 Å². The van der Waals surface area contributed by atoms with E-state index in [0.717, 1.165) is 50.5 Å². The van der Waals surface area contributed by atoms with Gasteiger partial charge in [0.2, 0.25) is 0 Å². The fourth-order valence-electron chi connectivity index (χ4n) is 4.02. The molecule has 5 rings (SSSR count). The van der Waals surface area contributed by atoms with Crippen molar-refractivity contribution >= 4 is 0 Å². The molecule has 0 atom stereocenters. The fraction of sp³-hybridized carbons (Fsp3) is 0.0333. The lowest BCUT2D eigenvalue weighted by Gasteiger charge is -2.18. The molecule has 0 fully saturated rings. The highest BCUT2D eigenvalue weighted by Gasteiger charge is 2.18. The van der Waals surface area contributed by atoms with Crippen molar-refractivity contribution in [3.05, 3.63) is 121 Å². The first-order valence-corrected chi connectivity index (χ1v) is 10.7. The minimum atomic E-state index is 0.818. The van der Waals surface area contributed by atoms with E-state index < -0.39 is 0 Å². The molecule has 1 heterocycles. The molecule has 154 valence electrons. The largest absolute Gasteiger partial charge is 0.497 e. The van der Waals surface area contributed by atoms with Gasteiger partial charge in [-0.05, 0) is 34.9 Å². The van der Waals surface area contributed by atoms with Crippen LogP contribution in [0.5, 0.6) is 5.75 Å². The molecular weight excluding hydrogens is 390 g/mol. The normalized spacial score (nSPS) is 10.7. The first kappa shape index (κ1) is 19.8. The summed E-state index contributed by atoms with van der Waals surface area (Å²) < 4.78 is 5.47. The van der Waals surface area contributed by atoms with Crippen LogP contribution in [0.3, 0.4) is 0 Å². The van der Waals surface area contributed by atoms with Crippen LogP contribution in [-0.4, -0.2) is 12.1 Å². The highest BCUT2D eigenvalue weighted by Crippen LogP contribution is 2.41. The predicted molar refractivity (Wildman–Crippen MR) is 133 cm³/mol. The Morgan fingerprint density at radius 1 is 0.531 bits per heavy atom. The maximum Gasteiger partial charge on any atom is 0.119 e. The second kappa shape index (κ2) is 8.91. The van der Waals surface area contributed by atoms with Gasteiger partial charge in [0, 0.05) is 16.7 Å². The van der Waals surface area contributed by atoms with E-state index in [1.165, 1.54) is 0 Å². The first-order chi connectivity index (χ1) is 15.8. The van der Waals surface area contributed by atoms with E-state index in [1.54, 1.807) is 7.11 Å². The molecule has 5 aromatic rings. The standard InChI is InChI=1S/C30H23NO/c1-32-26-19-11-18-25(20-26)28-21-27(22-12-5-2-6-13-22)29(23-14-7-3-8-15-23)30(31-28)24-16-9-4-10-17-24/h2-21H,1H3. The molecule has 0 bridgehead atoms. The summed E-state index contributed by atoms with van der Waals surface area (Å²) in [7, 11) is 1.69. The molecule has 0 aliphatic rings. The van der Waals surface area contributed by atoms with Crippen LogP contribution in [0.2, 0.25) is 0 Å². The van der Waals surface area contributed by atoms with E-state index in [0.29, 0.717) is 0 Å². The molecule has 0 aliphatic carbocycles. The van der Waals surface area contributed by atoms with Crippen LogP contribution in [0.25, 0.3) is 44.8 Å². The average Bonchev–Trinajstić information content (AvgIpc) is 2.89. The number of aromatic nitrogens is 1. The van der Waals surface area contributed by atoms with E-state index in [1.807, 2.05) is 36.4 Å². The molecule has 0 radical (unpaired) electrons. The Labute approximate surface area is 188 Å². The van der Waals surface area contributed by atoms with Gasteiger partial charge in [0.15, 0.2) is 0 Å². The second-order valence-electron chi connectivity index (χ2n) is 7.61. The first-order valence-electron chi connectivity index (χ1n) is 10.7. The summed E-state index contributed by atoms with van der Waals surface area (Å²) in [6.45, 7) is 0. The fourth-order valence-corrected chi connectivity index (χ4v) is 4.02. The van der Waals surface area contributed by atoms with Crippen LogP contribution in [0.15, 0.2) is 121 Å². The topological polar surface area (TPSA) is 22.1 Å². The number of nitrogens with zero attached hydrogens (tertiary/aromatic N) is 1. The number of ether oxygens (including phenoxy) is 1. The minimum Gasteiger partial charge on any atom is -0.497 e. The van der Waals surface area contributed by atoms with Crippen LogP contribution < -0.4 is 4.74 Å². The minimum absolute atomic E-state index is 0.818. The summed E-state index contributed by atoms with van der Waals surface area (Å²) in [5, 5.41) is 0. The highest BCUT2D eigenvalue weighted by molar-refractivity contribution is 5.94. The summed E-state index contributed by atoms with van der Waals surface area (Å²) in [5.74, 6) is 0.818. The lowest BCUT2D eigenvalue weighted by Crippen LogP contribution is -1.97. The Balaban J connectivity index is 1.86. The van der Waals surface area contributed by atoms with Gasteiger partial charge in [-0.3, -0.25) is 0 Å². The number of methoxy groups -OCH3 is 1. The van der Waals surface area contributed by atoms with Crippen molar-refractivity contribution in [2.75, 3.05) is 7.11 Å². The van der Waals surface area contributed by atoms with Gasteiger partial charge in [0.1, 0.15) is 5.75 Å². The van der Waals surface area contributed by atoms with Gasteiger partial charge < -0.3 is 4.74 Å². The van der Waals surface area contributed by atoms with Crippen LogP contribution in [-0.2, 0) is 0 Å². The predicted octanol–water partition coefficient (Wildman–Crippen LogP) is 7.76. The number of benzene rings is 4. The van der Waals surface area contributed by atoms with Crippen molar-refractivity contribution in [2.45, 2.75) is 0 Å². The van der Waals surface area contributed by atoms with Gasteiger partial charge in [0.05, 0.1) is 18.5 Å². The number of pyridine rings is 1. The monoisotopic (exact) mass is 413 g/mol. The molecular formula is C30H23NO. The van der Waals surface area contributed by atoms with Gasteiger partial charge in [-0.15, -0.1) is 0 Å². The lowest BCUT2D eigenvalue weighted by molar-refractivity contribution is 0.415. The molecule has 1 aromatic heterocycles. The lowest BCUT2D eigenvalue weighted by atomic mass is 9.89. The van der Waals surface area contributed by atoms with Gasteiger partial charge in [-0.2, -0.15) is 0 Å². The smallest absolute Gasteiger partial charge is 0.119 e. The number of rotatable bonds is 5. The van der Waals surface area contributed by atoms with E-state index in [2.05, 4.69) is 84.9 Å². The number of hydrogen-bond donors (Lipinski definition) is 0. The summed E-state index contributed by atoms with van der Waals surface area (Å²) in [5.41, 5.74) is 8.60. The van der Waals surface area contributed by atoms with Crippen molar-refractivity contribution in [2.24, 2.45) is 0 Å². The Morgan fingerprint density at radius 3 is 1.72 bits per heavy atom. The Bertz CT molecular complexity index is 1270. The molecule has 0 aliphatic heterocycles. The third-order valence-corrected chi connectivity index (χ3v) is 5.58.